The van der Waals surface area contributed by atoms with Crippen molar-refractivity contribution in [2.75, 3.05) is 16.3 Å². The number of fused-ring (bicyclic) bond motifs is 5. The summed E-state index contributed by atoms with van der Waals surface area (Å²) in [4.78, 5) is 45.6. The Kier molecular flexibility index (Phi) is 6.21. The van der Waals surface area contributed by atoms with E-state index in [1.54, 1.807) is 47.4 Å². The summed E-state index contributed by atoms with van der Waals surface area (Å²) in [5.74, 6) is -2.30. The van der Waals surface area contributed by atoms with E-state index in [1.165, 1.54) is 28.8 Å². The van der Waals surface area contributed by atoms with Gasteiger partial charge < -0.3 is 9.32 Å². The predicted molar refractivity (Wildman–Crippen MR) is 155 cm³/mol. The van der Waals surface area contributed by atoms with Crippen molar-refractivity contribution in [3.8, 4) is 0 Å². The van der Waals surface area contributed by atoms with Gasteiger partial charge >= 0.3 is 0 Å². The number of anilines is 2. The van der Waals surface area contributed by atoms with Crippen molar-refractivity contribution in [3.63, 3.8) is 0 Å². The van der Waals surface area contributed by atoms with E-state index in [4.69, 9.17) is 4.42 Å². The Morgan fingerprint density at radius 2 is 1.79 bits per heavy atom. The number of hydrogen-bond acceptors (Lipinski definition) is 8. The van der Waals surface area contributed by atoms with E-state index >= 15 is 0 Å². The standard InChI is InChI=1S/C30H20F2N4O4S2/c1-2-13-35-21-10-6-4-8-19(21)30(27(35)39)23-24(37)18-14-17(31)11-12-22(18)40-25(23)26(38)36(30)28-33-34-29(42-28)41-15-16-7-3-5-9-20(16)32/h3-12,14H,2,13,15H2,1H3. The smallest absolute Gasteiger partial charge is 0.297 e. The van der Waals surface area contributed by atoms with Crippen molar-refractivity contribution in [2.24, 2.45) is 0 Å². The summed E-state index contributed by atoms with van der Waals surface area (Å²) < 4.78 is 34.9. The van der Waals surface area contributed by atoms with Crippen molar-refractivity contribution in [1.82, 2.24) is 10.2 Å². The largest absolute Gasteiger partial charge is 0.450 e. The third-order valence-corrected chi connectivity index (χ3v) is 9.52. The van der Waals surface area contributed by atoms with Crippen LogP contribution in [0.15, 0.2) is 80.3 Å². The highest BCUT2D eigenvalue weighted by atomic mass is 32.2. The maximum absolute atomic E-state index is 14.6. The molecule has 8 nitrogen and oxygen atoms in total. The molecule has 5 aromatic rings. The number of amides is 2. The molecule has 42 heavy (non-hydrogen) atoms. The summed E-state index contributed by atoms with van der Waals surface area (Å²) in [5.41, 5.74) is -1.34. The van der Waals surface area contributed by atoms with E-state index in [0.29, 0.717) is 34.1 Å². The number of benzene rings is 3. The number of hydrogen-bond donors (Lipinski definition) is 0. The number of halogens is 2. The van der Waals surface area contributed by atoms with Gasteiger partial charge in [-0.05, 0) is 42.3 Å². The Balaban J connectivity index is 1.44. The van der Waals surface area contributed by atoms with Crippen LogP contribution in [-0.4, -0.2) is 28.6 Å². The molecule has 0 N–H and O–H groups in total. The van der Waals surface area contributed by atoms with Gasteiger partial charge in [-0.15, -0.1) is 10.2 Å². The van der Waals surface area contributed by atoms with Gasteiger partial charge in [0.2, 0.25) is 10.9 Å². The number of rotatable bonds is 6. The Labute approximate surface area is 245 Å². The highest BCUT2D eigenvalue weighted by Crippen LogP contribution is 2.54. The molecule has 0 saturated carbocycles. The zero-order valence-corrected chi connectivity index (χ0v) is 23.6. The highest BCUT2D eigenvalue weighted by molar-refractivity contribution is 8.00. The van der Waals surface area contributed by atoms with Crippen LogP contribution in [0.4, 0.5) is 19.6 Å². The lowest BCUT2D eigenvalue weighted by Crippen LogP contribution is -2.53. The van der Waals surface area contributed by atoms with Crippen LogP contribution in [0.25, 0.3) is 11.0 Å². The molecular formula is C30H20F2N4O4S2. The first kappa shape index (κ1) is 26.5. The first-order valence-corrected chi connectivity index (χ1v) is 14.9. The maximum atomic E-state index is 14.6. The number of thioether (sulfide) groups is 1. The van der Waals surface area contributed by atoms with Gasteiger partial charge in [0.05, 0.1) is 16.6 Å². The molecule has 1 unspecified atom stereocenters. The first-order chi connectivity index (χ1) is 20.4. The third kappa shape index (κ3) is 3.68. The molecule has 0 bridgehead atoms. The van der Waals surface area contributed by atoms with Crippen LogP contribution in [0.3, 0.4) is 0 Å². The van der Waals surface area contributed by atoms with Crippen molar-refractivity contribution in [2.45, 2.75) is 29.0 Å². The second kappa shape index (κ2) is 9.85. The molecule has 2 amide bonds. The Bertz CT molecular complexity index is 1990. The number of aromatic nitrogens is 2. The van der Waals surface area contributed by atoms with Gasteiger partial charge in [-0.3, -0.25) is 19.3 Å². The average Bonchev–Trinajstić information content (AvgIpc) is 3.63. The van der Waals surface area contributed by atoms with Crippen LogP contribution in [-0.2, 0) is 16.1 Å². The van der Waals surface area contributed by atoms with Crippen LogP contribution < -0.4 is 15.2 Å². The fourth-order valence-corrected chi connectivity index (χ4v) is 7.57. The second-order valence-electron chi connectivity index (χ2n) is 9.83. The quantitative estimate of drug-likeness (QED) is 0.177. The van der Waals surface area contributed by atoms with Crippen LogP contribution in [0.1, 0.15) is 40.6 Å². The average molecular weight is 603 g/mol. The summed E-state index contributed by atoms with van der Waals surface area (Å²) in [6.45, 7) is 2.25. The van der Waals surface area contributed by atoms with E-state index in [9.17, 15) is 23.2 Å². The molecule has 0 radical (unpaired) electrons. The van der Waals surface area contributed by atoms with Crippen molar-refractivity contribution in [1.29, 1.82) is 0 Å². The zero-order valence-electron chi connectivity index (χ0n) is 22.0. The summed E-state index contributed by atoms with van der Waals surface area (Å²) in [6, 6.07) is 16.8. The van der Waals surface area contributed by atoms with Crippen molar-refractivity contribution in [3.05, 3.63) is 111 Å². The van der Waals surface area contributed by atoms with Crippen molar-refractivity contribution < 1.29 is 22.8 Å². The number of nitrogens with zero attached hydrogens (tertiary/aromatic N) is 4. The molecule has 0 fully saturated rings. The molecule has 4 heterocycles. The SMILES string of the molecule is CCCN1C(=O)C2(c3ccccc31)c1c(oc3ccc(F)cc3c1=O)C(=O)N2c1nnc(SCc2ccccc2F)s1. The van der Waals surface area contributed by atoms with E-state index < -0.39 is 28.6 Å². The minimum atomic E-state index is -1.94. The summed E-state index contributed by atoms with van der Waals surface area (Å²) in [6.07, 6.45) is 0.615. The molecule has 2 aliphatic rings. The van der Waals surface area contributed by atoms with E-state index in [1.807, 2.05) is 6.92 Å². The van der Waals surface area contributed by atoms with E-state index in [2.05, 4.69) is 10.2 Å². The lowest BCUT2D eigenvalue weighted by Gasteiger charge is -2.32. The lowest BCUT2D eigenvalue weighted by atomic mass is 9.84. The highest BCUT2D eigenvalue weighted by Gasteiger charge is 2.66. The lowest BCUT2D eigenvalue weighted by molar-refractivity contribution is -0.121. The van der Waals surface area contributed by atoms with Crippen molar-refractivity contribution >= 4 is 56.7 Å². The van der Waals surface area contributed by atoms with Crippen LogP contribution >= 0.6 is 23.1 Å². The van der Waals surface area contributed by atoms with Gasteiger partial charge in [0.25, 0.3) is 11.8 Å². The monoisotopic (exact) mass is 602 g/mol. The molecule has 1 atom stereocenters. The molecule has 12 heteroatoms. The van der Waals surface area contributed by atoms with Gasteiger partial charge in [0, 0.05) is 17.9 Å². The predicted octanol–water partition coefficient (Wildman–Crippen LogP) is 5.88. The molecule has 0 saturated heterocycles. The third-order valence-electron chi connectivity index (χ3n) is 7.43. The number of carbonyl (C=O) groups is 2. The first-order valence-electron chi connectivity index (χ1n) is 13.1. The maximum Gasteiger partial charge on any atom is 0.297 e. The molecule has 1 spiro atoms. The molecule has 2 aromatic heterocycles. The minimum Gasteiger partial charge on any atom is -0.450 e. The zero-order chi connectivity index (χ0) is 29.2. The normalized spacial score (nSPS) is 17.5. The van der Waals surface area contributed by atoms with Gasteiger partial charge in [-0.1, -0.05) is 66.4 Å². The van der Waals surface area contributed by atoms with Gasteiger partial charge in [-0.25, -0.2) is 8.78 Å². The van der Waals surface area contributed by atoms with Gasteiger partial charge in [0.15, 0.2) is 15.3 Å². The summed E-state index contributed by atoms with van der Waals surface area (Å²) in [7, 11) is 0. The van der Waals surface area contributed by atoms with Crippen LogP contribution in [0, 0.1) is 11.6 Å². The Hall–Kier alpha value is -4.42. The molecule has 7 rings (SSSR count). The molecule has 3 aromatic carbocycles. The van der Waals surface area contributed by atoms with E-state index in [0.717, 1.165) is 23.5 Å². The summed E-state index contributed by atoms with van der Waals surface area (Å²) in [5, 5.41) is 8.46. The second-order valence-corrected chi connectivity index (χ2v) is 12.0. The molecular weight excluding hydrogens is 582 g/mol. The molecule has 210 valence electrons. The number of carbonyl (C=O) groups excluding carboxylic acids is 2. The van der Waals surface area contributed by atoms with Gasteiger partial charge in [0.1, 0.15) is 17.2 Å². The van der Waals surface area contributed by atoms with Crippen LogP contribution in [0.5, 0.6) is 0 Å². The van der Waals surface area contributed by atoms with E-state index in [-0.39, 0.29) is 39.0 Å². The fraction of sp³-hybridized carbons (Fsp3) is 0.167. The van der Waals surface area contributed by atoms with Crippen LogP contribution in [0.2, 0.25) is 0 Å². The molecule has 0 aliphatic carbocycles. The number of para-hydroxylation sites is 1. The minimum absolute atomic E-state index is 0.0213. The summed E-state index contributed by atoms with van der Waals surface area (Å²) >= 11 is 2.27. The molecule has 2 aliphatic heterocycles. The fourth-order valence-electron chi connectivity index (χ4n) is 5.69. The Morgan fingerprint density at radius 3 is 2.60 bits per heavy atom. The Morgan fingerprint density at radius 1 is 1.00 bits per heavy atom. The topological polar surface area (TPSA) is 96.6 Å². The van der Waals surface area contributed by atoms with Gasteiger partial charge in [-0.2, -0.15) is 0 Å².